The molecule has 0 aliphatic rings. The lowest BCUT2D eigenvalue weighted by atomic mass is 10.2. The molecule has 1 unspecified atom stereocenters. The average molecular weight is 338 g/mol. The molecule has 0 heterocycles. The van der Waals surface area contributed by atoms with Gasteiger partial charge >= 0.3 is 0 Å². The first-order valence-electron chi connectivity index (χ1n) is 6.18. The number of nitro benzene ring substituents is 1. The van der Waals surface area contributed by atoms with Gasteiger partial charge in [-0.15, -0.1) is 0 Å². The highest BCUT2D eigenvalue weighted by molar-refractivity contribution is 8.13. The minimum Gasteiger partial charge on any atom is -0.492 e. The normalized spacial score (nSPS) is 12.8. The van der Waals surface area contributed by atoms with E-state index in [0.717, 1.165) is 18.6 Å². The van der Waals surface area contributed by atoms with Crippen molar-refractivity contribution in [1.82, 2.24) is 0 Å². The number of non-ortho nitro benzene ring substituents is 1. The SMILES string of the molecule is CCCC(C)Oc1cc([N+](=O)[O-])cc(S(=O)(=O)Cl)c1OC. The third kappa shape index (κ3) is 4.47. The third-order valence-electron chi connectivity index (χ3n) is 2.71. The molecule has 1 atom stereocenters. The van der Waals surface area contributed by atoms with Crippen LogP contribution in [0.2, 0.25) is 0 Å². The van der Waals surface area contributed by atoms with Crippen molar-refractivity contribution in [2.24, 2.45) is 0 Å². The van der Waals surface area contributed by atoms with Crippen molar-refractivity contribution in [3.05, 3.63) is 22.2 Å². The zero-order valence-corrected chi connectivity index (χ0v) is 13.4. The van der Waals surface area contributed by atoms with Crippen molar-refractivity contribution in [3.63, 3.8) is 0 Å². The van der Waals surface area contributed by atoms with Crippen LogP contribution < -0.4 is 9.47 Å². The van der Waals surface area contributed by atoms with E-state index in [0.29, 0.717) is 6.42 Å². The van der Waals surface area contributed by atoms with Crippen LogP contribution in [0.1, 0.15) is 26.7 Å². The highest BCUT2D eigenvalue weighted by atomic mass is 35.7. The van der Waals surface area contributed by atoms with Gasteiger partial charge in [-0.2, -0.15) is 0 Å². The van der Waals surface area contributed by atoms with Gasteiger partial charge in [-0.05, 0) is 13.3 Å². The van der Waals surface area contributed by atoms with E-state index in [1.54, 1.807) is 6.92 Å². The second-order valence-corrected chi connectivity index (χ2v) is 6.92. The average Bonchev–Trinajstić information content (AvgIpc) is 2.36. The Kier molecular flexibility index (Phi) is 5.79. The molecule has 118 valence electrons. The van der Waals surface area contributed by atoms with Gasteiger partial charge < -0.3 is 9.47 Å². The molecule has 0 N–H and O–H groups in total. The van der Waals surface area contributed by atoms with Crippen molar-refractivity contribution in [2.75, 3.05) is 7.11 Å². The van der Waals surface area contributed by atoms with Crippen LogP contribution in [-0.2, 0) is 9.05 Å². The van der Waals surface area contributed by atoms with Crippen LogP contribution >= 0.6 is 10.7 Å². The first-order chi connectivity index (χ1) is 9.70. The van der Waals surface area contributed by atoms with Crippen LogP contribution in [0.5, 0.6) is 11.5 Å². The van der Waals surface area contributed by atoms with Gasteiger partial charge in [-0.3, -0.25) is 10.1 Å². The molecular formula is C12H16ClNO6S. The number of nitrogens with zero attached hydrogens (tertiary/aromatic N) is 1. The lowest BCUT2D eigenvalue weighted by Gasteiger charge is -2.17. The monoisotopic (exact) mass is 337 g/mol. The number of nitro groups is 1. The molecule has 21 heavy (non-hydrogen) atoms. The summed E-state index contributed by atoms with van der Waals surface area (Å²) in [6.45, 7) is 3.73. The van der Waals surface area contributed by atoms with Crippen molar-refractivity contribution in [2.45, 2.75) is 37.7 Å². The molecule has 0 amide bonds. The van der Waals surface area contributed by atoms with E-state index in [2.05, 4.69) is 0 Å². The first-order valence-corrected chi connectivity index (χ1v) is 8.49. The number of hydrogen-bond donors (Lipinski definition) is 0. The van der Waals surface area contributed by atoms with Crippen molar-refractivity contribution in [1.29, 1.82) is 0 Å². The number of benzene rings is 1. The van der Waals surface area contributed by atoms with Gasteiger partial charge in [0.25, 0.3) is 14.7 Å². The topological polar surface area (TPSA) is 95.7 Å². The summed E-state index contributed by atoms with van der Waals surface area (Å²) in [4.78, 5) is 9.71. The molecule has 0 aliphatic heterocycles. The fraction of sp³-hybridized carbons (Fsp3) is 0.500. The Morgan fingerprint density at radius 3 is 2.48 bits per heavy atom. The fourth-order valence-corrected chi connectivity index (χ4v) is 2.83. The Morgan fingerprint density at radius 1 is 1.43 bits per heavy atom. The Balaban J connectivity index is 3.46. The van der Waals surface area contributed by atoms with Crippen LogP contribution in [0, 0.1) is 10.1 Å². The minimum atomic E-state index is -4.21. The first kappa shape index (κ1) is 17.5. The maximum atomic E-state index is 11.6. The van der Waals surface area contributed by atoms with Crippen LogP contribution in [0.25, 0.3) is 0 Å². The molecule has 0 aliphatic carbocycles. The highest BCUT2D eigenvalue weighted by Crippen LogP contribution is 2.40. The van der Waals surface area contributed by atoms with Gasteiger partial charge in [0.15, 0.2) is 11.5 Å². The van der Waals surface area contributed by atoms with E-state index in [1.807, 2.05) is 6.92 Å². The summed E-state index contributed by atoms with van der Waals surface area (Å²) in [5.41, 5.74) is -0.436. The number of methoxy groups -OCH3 is 1. The Hall–Kier alpha value is -1.54. The maximum absolute atomic E-state index is 11.6. The van der Waals surface area contributed by atoms with E-state index in [9.17, 15) is 18.5 Å². The van der Waals surface area contributed by atoms with E-state index < -0.39 is 24.6 Å². The maximum Gasteiger partial charge on any atom is 0.274 e. The van der Waals surface area contributed by atoms with Gasteiger partial charge in [0.1, 0.15) is 4.90 Å². The van der Waals surface area contributed by atoms with Gasteiger partial charge in [0.2, 0.25) is 0 Å². The highest BCUT2D eigenvalue weighted by Gasteiger charge is 2.26. The van der Waals surface area contributed by atoms with Crippen molar-refractivity contribution < 1.29 is 22.8 Å². The number of hydrogen-bond acceptors (Lipinski definition) is 6. The van der Waals surface area contributed by atoms with Crippen LogP contribution in [0.3, 0.4) is 0 Å². The summed E-state index contributed by atoms with van der Waals surface area (Å²) in [6, 6.07) is 1.97. The van der Waals surface area contributed by atoms with Crippen molar-refractivity contribution >= 4 is 25.4 Å². The molecule has 0 spiro atoms. The van der Waals surface area contributed by atoms with Gasteiger partial charge in [0, 0.05) is 16.7 Å². The molecule has 0 saturated heterocycles. The summed E-state index contributed by atoms with van der Waals surface area (Å²) in [5.74, 6) is -0.162. The Labute approximate surface area is 127 Å². The summed E-state index contributed by atoms with van der Waals surface area (Å²) >= 11 is 0. The second kappa shape index (κ2) is 6.95. The molecule has 1 rings (SSSR count). The molecule has 9 heteroatoms. The van der Waals surface area contributed by atoms with Crippen LogP contribution in [0.4, 0.5) is 5.69 Å². The van der Waals surface area contributed by atoms with Crippen molar-refractivity contribution in [3.8, 4) is 11.5 Å². The molecule has 1 aromatic carbocycles. The minimum absolute atomic E-state index is 0.0214. The number of ether oxygens (including phenoxy) is 2. The van der Waals surface area contributed by atoms with E-state index >= 15 is 0 Å². The predicted molar refractivity (Wildman–Crippen MR) is 77.7 cm³/mol. The lowest BCUT2D eigenvalue weighted by molar-refractivity contribution is -0.385. The molecule has 0 aromatic heterocycles. The second-order valence-electron chi connectivity index (χ2n) is 4.39. The Morgan fingerprint density at radius 2 is 2.05 bits per heavy atom. The van der Waals surface area contributed by atoms with Gasteiger partial charge in [-0.1, -0.05) is 13.3 Å². The third-order valence-corrected chi connectivity index (χ3v) is 4.03. The van der Waals surface area contributed by atoms with Gasteiger partial charge in [0.05, 0.1) is 24.2 Å². The summed E-state index contributed by atoms with van der Waals surface area (Å²) < 4.78 is 33.7. The van der Waals surface area contributed by atoms with Crippen LogP contribution in [-0.4, -0.2) is 26.6 Å². The largest absolute Gasteiger partial charge is 0.492 e. The fourth-order valence-electron chi connectivity index (χ4n) is 1.82. The zero-order chi connectivity index (χ0) is 16.2. The molecule has 0 fully saturated rings. The number of rotatable bonds is 7. The summed E-state index contributed by atoms with van der Waals surface area (Å²) in [7, 11) is 2.33. The van der Waals surface area contributed by atoms with E-state index in [-0.39, 0.29) is 17.6 Å². The van der Waals surface area contributed by atoms with E-state index in [4.69, 9.17) is 20.2 Å². The predicted octanol–water partition coefficient (Wildman–Crippen LogP) is 3.10. The summed E-state index contributed by atoms with van der Waals surface area (Å²) in [5, 5.41) is 10.9. The zero-order valence-electron chi connectivity index (χ0n) is 11.8. The van der Waals surface area contributed by atoms with Gasteiger partial charge in [-0.25, -0.2) is 8.42 Å². The quantitative estimate of drug-likeness (QED) is 0.431. The molecule has 1 aromatic rings. The molecular weight excluding hydrogens is 322 g/mol. The standard InChI is InChI=1S/C12H16ClNO6S/c1-4-5-8(2)20-10-6-9(14(15)16)7-11(12(10)19-3)21(13,17)18/h6-8H,4-5H2,1-3H3. The van der Waals surface area contributed by atoms with Crippen LogP contribution in [0.15, 0.2) is 17.0 Å². The molecule has 0 radical (unpaired) electrons. The Bertz CT molecular complexity index is 631. The molecule has 0 saturated carbocycles. The number of halogens is 1. The summed E-state index contributed by atoms with van der Waals surface area (Å²) in [6.07, 6.45) is 1.30. The molecule has 7 nitrogen and oxygen atoms in total. The van der Waals surface area contributed by atoms with E-state index in [1.165, 1.54) is 7.11 Å². The smallest absolute Gasteiger partial charge is 0.274 e. The lowest BCUT2D eigenvalue weighted by Crippen LogP contribution is -2.13. The molecule has 0 bridgehead atoms.